The number of benzene rings is 1. The van der Waals surface area contributed by atoms with Crippen molar-refractivity contribution in [2.45, 2.75) is 91.1 Å². The van der Waals surface area contributed by atoms with Crippen molar-refractivity contribution >= 4 is 6.21 Å². The average Bonchev–Trinajstić information content (AvgIpc) is 3.52. The first-order chi connectivity index (χ1) is 16.5. The second-order valence-corrected chi connectivity index (χ2v) is 10.5. The van der Waals surface area contributed by atoms with Crippen molar-refractivity contribution in [1.82, 2.24) is 0 Å². The number of phenols is 1. The van der Waals surface area contributed by atoms with E-state index in [-0.39, 0.29) is 17.3 Å². The van der Waals surface area contributed by atoms with Gasteiger partial charge >= 0.3 is 0 Å². The molecule has 0 spiro atoms. The summed E-state index contributed by atoms with van der Waals surface area (Å²) >= 11 is 0. The topological polar surface area (TPSA) is 51.0 Å². The zero-order chi connectivity index (χ0) is 24.0. The molecule has 1 fully saturated rings. The highest BCUT2D eigenvalue weighted by Crippen LogP contribution is 2.46. The van der Waals surface area contributed by atoms with E-state index < -0.39 is 0 Å². The van der Waals surface area contributed by atoms with Crippen LogP contribution in [0, 0.1) is 23.7 Å². The van der Waals surface area contributed by atoms with Crippen molar-refractivity contribution in [3.8, 4) is 11.5 Å². The van der Waals surface area contributed by atoms with Gasteiger partial charge in [0.15, 0.2) is 17.2 Å². The lowest BCUT2D eigenvalue weighted by Crippen LogP contribution is -2.32. The first-order valence-electron chi connectivity index (χ1n) is 13.3. The summed E-state index contributed by atoms with van der Waals surface area (Å²) in [5, 5.41) is 10.5. The quantitative estimate of drug-likeness (QED) is 0.345. The van der Waals surface area contributed by atoms with Gasteiger partial charge in [-0.05, 0) is 57.2 Å². The minimum absolute atomic E-state index is 0.0698. The third-order valence-electron chi connectivity index (χ3n) is 7.51. The third-order valence-corrected chi connectivity index (χ3v) is 7.51. The molecule has 1 unspecified atom stereocenters. The number of aliphatic imine (C=N–C) groups is 1. The number of nitrogens with zero attached hydrogens (tertiary/aromatic N) is 1. The van der Waals surface area contributed by atoms with Crippen molar-refractivity contribution < 1.29 is 14.6 Å². The van der Waals surface area contributed by atoms with E-state index in [2.05, 4.69) is 39.3 Å². The van der Waals surface area contributed by atoms with Gasteiger partial charge in [0.25, 0.3) is 0 Å². The maximum atomic E-state index is 10.5. The van der Waals surface area contributed by atoms with Crippen molar-refractivity contribution in [3.63, 3.8) is 0 Å². The highest BCUT2D eigenvalue weighted by Gasteiger charge is 2.45. The molecule has 0 radical (unpaired) electrons. The zero-order valence-corrected chi connectivity index (χ0v) is 21.2. The fourth-order valence-corrected chi connectivity index (χ4v) is 5.19. The molecule has 184 valence electrons. The van der Waals surface area contributed by atoms with Crippen LogP contribution in [0.5, 0.6) is 11.5 Å². The number of hydrogen-bond donors (Lipinski definition) is 1. The summed E-state index contributed by atoms with van der Waals surface area (Å²) < 4.78 is 12.4. The normalized spacial score (nSPS) is 21.3. The molecular formula is C30H41NO3. The van der Waals surface area contributed by atoms with Gasteiger partial charge in [-0.3, -0.25) is 0 Å². The number of unbranched alkanes of at least 4 members (excludes halogenated alkanes) is 1. The molecule has 34 heavy (non-hydrogen) atoms. The van der Waals surface area contributed by atoms with Crippen LogP contribution in [0.2, 0.25) is 0 Å². The molecule has 1 aliphatic carbocycles. The molecular weight excluding hydrogens is 422 g/mol. The lowest BCUT2D eigenvalue weighted by atomic mass is 9.72. The van der Waals surface area contributed by atoms with Gasteiger partial charge in [-0.25, -0.2) is 0 Å². The Morgan fingerprint density at radius 1 is 1.24 bits per heavy atom. The number of rotatable bonds is 11. The van der Waals surface area contributed by atoms with Crippen LogP contribution >= 0.6 is 0 Å². The summed E-state index contributed by atoms with van der Waals surface area (Å²) in [6, 6.07) is 5.74. The monoisotopic (exact) mass is 463 g/mol. The van der Waals surface area contributed by atoms with Crippen molar-refractivity contribution in [1.29, 1.82) is 0 Å². The Labute approximate surface area is 206 Å². The van der Waals surface area contributed by atoms with Crippen LogP contribution in [-0.2, 0) is 11.2 Å². The second kappa shape index (κ2) is 11.3. The molecule has 0 saturated heterocycles. The molecule has 0 aromatic heterocycles. The van der Waals surface area contributed by atoms with Crippen molar-refractivity contribution in [2.24, 2.45) is 16.3 Å². The molecule has 3 aliphatic rings. The molecule has 0 bridgehead atoms. The Balaban J connectivity index is 1.38. The molecule has 4 nitrogen and oxygen atoms in total. The summed E-state index contributed by atoms with van der Waals surface area (Å²) in [5.74, 6) is 3.61. The molecule has 2 heterocycles. The smallest absolute Gasteiger partial charge is 0.184 e. The lowest BCUT2D eigenvalue weighted by Gasteiger charge is -2.32. The molecule has 0 amide bonds. The van der Waals surface area contributed by atoms with E-state index in [0.29, 0.717) is 18.3 Å². The van der Waals surface area contributed by atoms with Crippen molar-refractivity contribution in [2.75, 3.05) is 6.61 Å². The van der Waals surface area contributed by atoms with Crippen molar-refractivity contribution in [3.05, 3.63) is 59.7 Å². The number of allylic oxidation sites excluding steroid dienone is 2. The number of aryl methyl sites for hydroxylation is 1. The maximum Gasteiger partial charge on any atom is 0.184 e. The van der Waals surface area contributed by atoms with Gasteiger partial charge in [-0.1, -0.05) is 57.3 Å². The van der Waals surface area contributed by atoms with E-state index in [0.717, 1.165) is 49.1 Å². The van der Waals surface area contributed by atoms with E-state index in [4.69, 9.17) is 14.5 Å². The van der Waals surface area contributed by atoms with Gasteiger partial charge in [0.2, 0.25) is 0 Å². The Bertz CT molecular complexity index is 908. The predicted octanol–water partition coefficient (Wildman–Crippen LogP) is 7.53. The van der Waals surface area contributed by atoms with Gasteiger partial charge in [0.1, 0.15) is 30.2 Å². The van der Waals surface area contributed by atoms with Crippen LogP contribution in [0.4, 0.5) is 0 Å². The Hall–Kier alpha value is -2.49. The molecule has 1 aromatic rings. The fourth-order valence-electron chi connectivity index (χ4n) is 5.19. The van der Waals surface area contributed by atoms with Gasteiger partial charge in [0.05, 0.1) is 0 Å². The Morgan fingerprint density at radius 2 is 2.06 bits per heavy atom. The number of aromatic hydroxyl groups is 1. The fraction of sp³-hybridized carbons (Fsp3) is 0.567. The summed E-state index contributed by atoms with van der Waals surface area (Å²) in [6.45, 7) is 7.19. The zero-order valence-electron chi connectivity index (χ0n) is 21.2. The van der Waals surface area contributed by atoms with Gasteiger partial charge in [0, 0.05) is 12.0 Å². The minimum Gasteiger partial charge on any atom is -0.592 e. The van der Waals surface area contributed by atoms with Gasteiger partial charge in [-0.15, -0.1) is 4.99 Å². The van der Waals surface area contributed by atoms with Gasteiger partial charge < -0.3 is 14.6 Å². The van der Waals surface area contributed by atoms with E-state index in [1.54, 1.807) is 6.07 Å². The summed E-state index contributed by atoms with van der Waals surface area (Å²) in [6.07, 6.45) is 19.9. The molecule has 1 N–H and O–H groups in total. The first kappa shape index (κ1) is 24.6. The van der Waals surface area contributed by atoms with Crippen LogP contribution in [0.25, 0.3) is 0 Å². The molecule has 2 aliphatic heterocycles. The van der Waals surface area contributed by atoms with Crippen LogP contribution in [-0.4, -0.2) is 24.0 Å². The summed E-state index contributed by atoms with van der Waals surface area (Å²) in [7, 11) is 0. The molecule has 1 atom stereocenters. The second-order valence-electron chi connectivity index (χ2n) is 10.5. The van der Waals surface area contributed by atoms with Gasteiger partial charge in [-0.2, -0.15) is 12.5 Å². The Morgan fingerprint density at radius 3 is 2.79 bits per heavy atom. The largest absolute Gasteiger partial charge is 0.592 e. The van der Waals surface area contributed by atoms with E-state index in [1.807, 2.05) is 18.3 Å². The van der Waals surface area contributed by atoms with E-state index >= 15 is 0 Å². The maximum absolute atomic E-state index is 10.5. The summed E-state index contributed by atoms with van der Waals surface area (Å²) in [5.41, 5.74) is 2.24. The van der Waals surface area contributed by atoms with Crippen LogP contribution in [0.1, 0.15) is 84.1 Å². The number of hydrogen-bond acceptors (Lipinski definition) is 4. The highest BCUT2D eigenvalue weighted by molar-refractivity contribution is 5.83. The lowest BCUT2D eigenvalue weighted by molar-refractivity contribution is 0.128. The SMILES string of the molecule is CCCCC1[CH-]C=C(CCc2ccc(O)c(OCC3(C4=C[C+](C(C)C)C=N4)CCCCC3)c2)O1. The molecule has 1 saturated carbocycles. The highest BCUT2D eigenvalue weighted by atomic mass is 16.5. The Kier molecular flexibility index (Phi) is 8.18. The standard InChI is InChI=1S/C30H41NO3/c1-4-5-9-25-13-14-26(34-25)12-10-23-11-15-27(32)28(18-23)33-21-30(16-7-6-8-17-30)29-19-24(20-31-29)22(2)3/h11,13-15,18-20,22,25,32H,4-10,12,16-17,21H2,1-3H3. The molecule has 1 aromatic carbocycles. The number of phenolic OH excluding ortho intramolecular Hbond substituents is 1. The van der Waals surface area contributed by atoms with E-state index in [9.17, 15) is 5.11 Å². The van der Waals surface area contributed by atoms with E-state index in [1.165, 1.54) is 38.0 Å². The van der Waals surface area contributed by atoms with Crippen LogP contribution in [0.3, 0.4) is 0 Å². The average molecular weight is 464 g/mol. The minimum atomic E-state index is -0.0698. The number of ether oxygens (including phenoxy) is 2. The predicted molar refractivity (Wildman–Crippen MR) is 139 cm³/mol. The van der Waals surface area contributed by atoms with Crippen LogP contribution < -0.4 is 4.74 Å². The van der Waals surface area contributed by atoms with Crippen LogP contribution in [0.15, 0.2) is 46.8 Å². The third kappa shape index (κ3) is 5.95. The summed E-state index contributed by atoms with van der Waals surface area (Å²) in [4.78, 5) is 4.82. The molecule has 4 heteroatoms. The first-order valence-corrected chi connectivity index (χ1v) is 13.3. The molecule has 4 rings (SSSR count).